The van der Waals surface area contributed by atoms with Gasteiger partial charge in [0.05, 0.1) is 4.90 Å². The van der Waals surface area contributed by atoms with Gasteiger partial charge in [0.1, 0.15) is 0 Å². The van der Waals surface area contributed by atoms with Crippen molar-refractivity contribution in [2.24, 2.45) is 0 Å². The van der Waals surface area contributed by atoms with Gasteiger partial charge in [-0.1, -0.05) is 30.8 Å². The molecule has 2 N–H and O–H groups in total. The van der Waals surface area contributed by atoms with Crippen molar-refractivity contribution in [3.8, 4) is 0 Å². The number of rotatable bonds is 7. The van der Waals surface area contributed by atoms with Gasteiger partial charge in [-0.05, 0) is 19.1 Å². The van der Waals surface area contributed by atoms with E-state index in [1.165, 1.54) is 0 Å². The second-order valence-corrected chi connectivity index (χ2v) is 7.36. The van der Waals surface area contributed by atoms with Gasteiger partial charge in [0.2, 0.25) is 10.0 Å². The summed E-state index contributed by atoms with van der Waals surface area (Å²) in [4.78, 5) is 2.28. The number of anilines is 1. The summed E-state index contributed by atoms with van der Waals surface area (Å²) in [5.41, 5.74) is 1.80. The minimum Gasteiger partial charge on any atom is -0.388 e. The van der Waals surface area contributed by atoms with Gasteiger partial charge in [-0.2, -0.15) is 0 Å². The number of fused-ring (bicyclic) bond motifs is 1. The highest BCUT2D eigenvalue weighted by molar-refractivity contribution is 7.89. The molecule has 0 heterocycles. The molecule has 0 unspecified atom stereocenters. The quantitative estimate of drug-likeness (QED) is 0.763. The number of nitrogens with one attached hydrogen (secondary N) is 2. The lowest BCUT2D eigenvalue weighted by Gasteiger charge is -2.17. The molecule has 0 bridgehead atoms. The summed E-state index contributed by atoms with van der Waals surface area (Å²) in [6.07, 6.45) is 0. The lowest BCUT2D eigenvalue weighted by molar-refractivity contribution is 0.580. The average Bonchev–Trinajstić information content (AvgIpc) is 2.50. The molecular formula is C17H23N3O2S. The summed E-state index contributed by atoms with van der Waals surface area (Å²) < 4.78 is 27.8. The third-order valence-electron chi connectivity index (χ3n) is 3.47. The molecule has 0 saturated carbocycles. The first-order valence-corrected chi connectivity index (χ1v) is 8.89. The van der Waals surface area contributed by atoms with Gasteiger partial charge in [-0.3, -0.25) is 0 Å². The number of benzene rings is 2. The standard InChI is InChI=1S/C17H23N3O2S/c1-13(2)18-11-12-19-23(21,22)17-10-6-7-14-15(17)8-5-9-16(14)20(3)4/h5-10,18-19H,1,11-12H2,2-4H3. The van der Waals surface area contributed by atoms with Gasteiger partial charge in [0, 0.05) is 49.3 Å². The molecular weight excluding hydrogens is 310 g/mol. The Labute approximate surface area is 138 Å². The molecule has 0 saturated heterocycles. The van der Waals surface area contributed by atoms with E-state index in [0.717, 1.165) is 22.2 Å². The molecule has 0 atom stereocenters. The molecule has 0 aromatic heterocycles. The molecule has 0 aliphatic rings. The summed E-state index contributed by atoms with van der Waals surface area (Å²) in [5.74, 6) is 0. The number of hydrogen-bond acceptors (Lipinski definition) is 4. The average molecular weight is 333 g/mol. The van der Waals surface area contributed by atoms with Crippen LogP contribution in [0.15, 0.2) is 53.6 Å². The van der Waals surface area contributed by atoms with Gasteiger partial charge in [-0.25, -0.2) is 13.1 Å². The van der Waals surface area contributed by atoms with E-state index in [9.17, 15) is 8.42 Å². The molecule has 2 aromatic rings. The molecule has 0 radical (unpaired) electrons. The first-order chi connectivity index (χ1) is 10.8. The lowest BCUT2D eigenvalue weighted by atomic mass is 10.1. The Kier molecular flexibility index (Phi) is 5.28. The van der Waals surface area contributed by atoms with Crippen LogP contribution in [-0.2, 0) is 10.0 Å². The molecule has 0 aliphatic heterocycles. The van der Waals surface area contributed by atoms with E-state index in [0.29, 0.717) is 18.0 Å². The van der Waals surface area contributed by atoms with Crippen LogP contribution in [0.3, 0.4) is 0 Å². The molecule has 0 fully saturated rings. The molecule has 0 amide bonds. The molecule has 5 nitrogen and oxygen atoms in total. The van der Waals surface area contributed by atoms with Crippen LogP contribution in [0.5, 0.6) is 0 Å². The van der Waals surface area contributed by atoms with Crippen LogP contribution in [0.2, 0.25) is 0 Å². The van der Waals surface area contributed by atoms with Gasteiger partial charge < -0.3 is 10.2 Å². The zero-order chi connectivity index (χ0) is 17.0. The Morgan fingerprint density at radius 3 is 2.39 bits per heavy atom. The minimum atomic E-state index is -3.57. The van der Waals surface area contributed by atoms with Crippen molar-refractivity contribution in [2.75, 3.05) is 32.1 Å². The Hall–Kier alpha value is -2.05. The van der Waals surface area contributed by atoms with Crippen LogP contribution < -0.4 is 14.9 Å². The van der Waals surface area contributed by atoms with Crippen molar-refractivity contribution in [2.45, 2.75) is 11.8 Å². The molecule has 6 heteroatoms. The second kappa shape index (κ2) is 7.02. The Morgan fingerprint density at radius 2 is 1.74 bits per heavy atom. The SMILES string of the molecule is C=C(C)NCCNS(=O)(=O)c1cccc2c(N(C)C)cccc12. The fourth-order valence-corrected chi connectivity index (χ4v) is 3.68. The monoisotopic (exact) mass is 333 g/mol. The van der Waals surface area contributed by atoms with Crippen LogP contribution in [0.4, 0.5) is 5.69 Å². The summed E-state index contributed by atoms with van der Waals surface area (Å²) in [6.45, 7) is 6.36. The fourth-order valence-electron chi connectivity index (χ4n) is 2.43. The summed E-state index contributed by atoms with van der Waals surface area (Å²) in [5, 5.41) is 4.64. The second-order valence-electron chi connectivity index (χ2n) is 5.63. The van der Waals surface area contributed by atoms with Gasteiger partial charge in [-0.15, -0.1) is 0 Å². The first kappa shape index (κ1) is 17.3. The molecule has 2 rings (SSSR count). The summed E-state index contributed by atoms with van der Waals surface area (Å²) >= 11 is 0. The predicted molar refractivity (Wildman–Crippen MR) is 96.3 cm³/mol. The molecule has 0 spiro atoms. The van der Waals surface area contributed by atoms with Crippen LogP contribution in [0, 0.1) is 0 Å². The highest BCUT2D eigenvalue weighted by Crippen LogP contribution is 2.29. The molecule has 124 valence electrons. The third kappa shape index (κ3) is 4.03. The largest absolute Gasteiger partial charge is 0.388 e. The Bertz CT molecular complexity index is 814. The number of nitrogens with zero attached hydrogens (tertiary/aromatic N) is 1. The topological polar surface area (TPSA) is 61.4 Å². The maximum atomic E-state index is 12.6. The summed E-state index contributed by atoms with van der Waals surface area (Å²) in [6, 6.07) is 11.0. The van der Waals surface area contributed by atoms with Crippen LogP contribution in [0.25, 0.3) is 10.8 Å². The normalized spacial score (nSPS) is 11.4. The van der Waals surface area contributed by atoms with Crippen molar-refractivity contribution < 1.29 is 8.42 Å². The summed E-state index contributed by atoms with van der Waals surface area (Å²) in [7, 11) is 0.318. The van der Waals surface area contributed by atoms with Crippen molar-refractivity contribution in [3.63, 3.8) is 0 Å². The molecule has 23 heavy (non-hydrogen) atoms. The van der Waals surface area contributed by atoms with E-state index < -0.39 is 10.0 Å². The van der Waals surface area contributed by atoms with Crippen LogP contribution in [0.1, 0.15) is 6.92 Å². The number of hydrogen-bond donors (Lipinski definition) is 2. The van der Waals surface area contributed by atoms with Crippen LogP contribution >= 0.6 is 0 Å². The van der Waals surface area contributed by atoms with Crippen molar-refractivity contribution in [1.29, 1.82) is 0 Å². The Balaban J connectivity index is 2.35. The van der Waals surface area contributed by atoms with Gasteiger partial charge >= 0.3 is 0 Å². The number of sulfonamides is 1. The third-order valence-corrected chi connectivity index (χ3v) is 4.99. The maximum absolute atomic E-state index is 12.6. The lowest BCUT2D eigenvalue weighted by Crippen LogP contribution is -2.31. The minimum absolute atomic E-state index is 0.300. The van der Waals surface area contributed by atoms with Crippen molar-refractivity contribution >= 4 is 26.5 Å². The van der Waals surface area contributed by atoms with E-state index in [4.69, 9.17) is 0 Å². The molecule has 0 aliphatic carbocycles. The van der Waals surface area contributed by atoms with E-state index in [-0.39, 0.29) is 0 Å². The van der Waals surface area contributed by atoms with Crippen molar-refractivity contribution in [3.05, 3.63) is 48.7 Å². The van der Waals surface area contributed by atoms with E-state index in [2.05, 4.69) is 16.6 Å². The van der Waals surface area contributed by atoms with Gasteiger partial charge in [0.25, 0.3) is 0 Å². The van der Waals surface area contributed by atoms with Crippen molar-refractivity contribution in [1.82, 2.24) is 10.0 Å². The van der Waals surface area contributed by atoms with E-state index in [1.807, 2.05) is 50.2 Å². The van der Waals surface area contributed by atoms with E-state index >= 15 is 0 Å². The number of allylic oxidation sites excluding steroid dienone is 1. The highest BCUT2D eigenvalue weighted by atomic mass is 32.2. The molecule has 2 aromatic carbocycles. The highest BCUT2D eigenvalue weighted by Gasteiger charge is 2.17. The van der Waals surface area contributed by atoms with Gasteiger partial charge in [0.15, 0.2) is 0 Å². The zero-order valence-corrected chi connectivity index (χ0v) is 14.6. The maximum Gasteiger partial charge on any atom is 0.241 e. The first-order valence-electron chi connectivity index (χ1n) is 7.41. The smallest absolute Gasteiger partial charge is 0.241 e. The van der Waals surface area contributed by atoms with Crippen LogP contribution in [-0.4, -0.2) is 35.6 Å². The fraction of sp³-hybridized carbons (Fsp3) is 0.294. The predicted octanol–water partition coefficient (Wildman–Crippen LogP) is 2.31. The zero-order valence-electron chi connectivity index (χ0n) is 13.8. The Morgan fingerprint density at radius 1 is 1.09 bits per heavy atom. The van der Waals surface area contributed by atoms with E-state index in [1.54, 1.807) is 12.1 Å².